The van der Waals surface area contributed by atoms with Crippen LogP contribution >= 0.6 is 0 Å². The summed E-state index contributed by atoms with van der Waals surface area (Å²) in [5.41, 5.74) is 1.27. The quantitative estimate of drug-likeness (QED) is 0.632. The van der Waals surface area contributed by atoms with Gasteiger partial charge in [-0.2, -0.15) is 0 Å². The van der Waals surface area contributed by atoms with Gasteiger partial charge in [-0.1, -0.05) is 25.3 Å². The molecule has 1 aromatic carbocycles. The Morgan fingerprint density at radius 1 is 1.04 bits per heavy atom. The fourth-order valence-electron chi connectivity index (χ4n) is 2.83. The smallest absolute Gasteiger partial charge is 0.162 e. The Bertz CT molecular complexity index is 659. The topological polar surface area (TPSA) is 52.6 Å². The normalized spacial score (nSPS) is 17.5. The molecule has 0 saturated carbocycles. The van der Waals surface area contributed by atoms with E-state index in [2.05, 4.69) is 12.1 Å². The van der Waals surface area contributed by atoms with E-state index in [0.717, 1.165) is 50.0 Å². The molecule has 1 heterocycles. The lowest BCUT2D eigenvalue weighted by Crippen LogP contribution is -2.30. The van der Waals surface area contributed by atoms with E-state index in [4.69, 9.17) is 9.47 Å². The van der Waals surface area contributed by atoms with Crippen molar-refractivity contribution in [3.05, 3.63) is 23.8 Å². The van der Waals surface area contributed by atoms with E-state index in [-0.39, 0.29) is 6.10 Å². The van der Waals surface area contributed by atoms with Gasteiger partial charge in [-0.3, -0.25) is 0 Å². The molecule has 0 spiro atoms. The van der Waals surface area contributed by atoms with E-state index in [1.165, 1.54) is 5.56 Å². The van der Waals surface area contributed by atoms with Crippen molar-refractivity contribution in [2.45, 2.75) is 77.1 Å². The summed E-state index contributed by atoms with van der Waals surface area (Å²) >= 11 is 0. The second kappa shape index (κ2) is 8.43. The fraction of sp³-hybridized carbons (Fsp3) is 0.700. The average Bonchev–Trinajstić information content (AvgIpc) is 2.52. The van der Waals surface area contributed by atoms with Gasteiger partial charge in [-0.25, -0.2) is 8.42 Å². The number of unbranched alkanes of at least 4 members (excludes halogenated alkanes) is 4. The molecular formula is C20H32O4S. The summed E-state index contributed by atoms with van der Waals surface area (Å²) in [5.74, 6) is 1.99. The zero-order valence-corrected chi connectivity index (χ0v) is 16.8. The van der Waals surface area contributed by atoms with Crippen molar-refractivity contribution in [3.8, 4) is 11.5 Å². The number of hydrogen-bond acceptors (Lipinski definition) is 4. The van der Waals surface area contributed by atoms with E-state index in [1.54, 1.807) is 20.8 Å². The molecular weight excluding hydrogens is 336 g/mol. The van der Waals surface area contributed by atoms with Gasteiger partial charge >= 0.3 is 0 Å². The molecule has 25 heavy (non-hydrogen) atoms. The summed E-state index contributed by atoms with van der Waals surface area (Å²) in [6.45, 7) is 7.94. The van der Waals surface area contributed by atoms with Crippen LogP contribution in [0.25, 0.3) is 0 Å². The molecule has 0 amide bonds. The van der Waals surface area contributed by atoms with Gasteiger partial charge in [0.1, 0.15) is 12.7 Å². The Kier molecular flexibility index (Phi) is 6.78. The monoisotopic (exact) mass is 368 g/mol. The van der Waals surface area contributed by atoms with Crippen molar-refractivity contribution in [3.63, 3.8) is 0 Å². The van der Waals surface area contributed by atoms with Gasteiger partial charge in [0.2, 0.25) is 0 Å². The molecule has 1 unspecified atom stereocenters. The Labute approximate surface area is 152 Å². The van der Waals surface area contributed by atoms with Crippen molar-refractivity contribution < 1.29 is 17.9 Å². The van der Waals surface area contributed by atoms with E-state index in [1.807, 2.05) is 13.0 Å². The summed E-state index contributed by atoms with van der Waals surface area (Å²) in [6.07, 6.45) is 6.19. The molecule has 1 aliphatic heterocycles. The molecule has 0 radical (unpaired) electrons. The third-order valence-corrected chi connectivity index (χ3v) is 7.31. The molecule has 0 saturated heterocycles. The van der Waals surface area contributed by atoms with E-state index in [0.29, 0.717) is 12.4 Å². The number of hydrogen-bond donors (Lipinski definition) is 0. The summed E-state index contributed by atoms with van der Waals surface area (Å²) in [7, 11) is -2.97. The highest BCUT2D eigenvalue weighted by Crippen LogP contribution is 2.32. The maximum Gasteiger partial charge on any atom is 0.162 e. The largest absolute Gasteiger partial charge is 0.486 e. The van der Waals surface area contributed by atoms with Crippen LogP contribution < -0.4 is 9.47 Å². The van der Waals surface area contributed by atoms with Crippen molar-refractivity contribution in [1.82, 2.24) is 0 Å². The average molecular weight is 369 g/mol. The molecule has 1 aliphatic rings. The first kappa shape index (κ1) is 20.1. The van der Waals surface area contributed by atoms with Crippen molar-refractivity contribution in [2.24, 2.45) is 0 Å². The maximum atomic E-state index is 12.0. The molecule has 2 rings (SSSR count). The molecule has 0 N–H and O–H groups in total. The van der Waals surface area contributed by atoms with Crippen LogP contribution in [0.1, 0.15) is 65.4 Å². The summed E-state index contributed by atoms with van der Waals surface area (Å²) in [6, 6.07) is 6.18. The second-order valence-electron chi connectivity index (χ2n) is 7.97. The van der Waals surface area contributed by atoms with Gasteiger partial charge < -0.3 is 9.47 Å². The van der Waals surface area contributed by atoms with Crippen LogP contribution in [0, 0.1) is 0 Å². The van der Waals surface area contributed by atoms with Crippen LogP contribution in [-0.2, 0) is 16.3 Å². The highest BCUT2D eigenvalue weighted by molar-refractivity contribution is 7.92. The minimum Gasteiger partial charge on any atom is -0.486 e. The highest BCUT2D eigenvalue weighted by atomic mass is 32.2. The van der Waals surface area contributed by atoms with Crippen LogP contribution in [0.15, 0.2) is 18.2 Å². The molecule has 0 aliphatic carbocycles. The zero-order valence-electron chi connectivity index (χ0n) is 16.0. The highest BCUT2D eigenvalue weighted by Gasteiger charge is 2.27. The standard InChI is InChI=1S/C20H32O4S/c1-16-15-23-18-12-11-17(14-19(18)24-16)10-8-6-5-7-9-13-25(21,22)20(2,3)4/h11-12,14,16H,5-10,13,15H2,1-4H3. The predicted octanol–water partition coefficient (Wildman–Crippen LogP) is 4.55. The van der Waals surface area contributed by atoms with E-state index in [9.17, 15) is 8.42 Å². The van der Waals surface area contributed by atoms with Crippen molar-refractivity contribution in [2.75, 3.05) is 12.4 Å². The molecule has 1 aromatic rings. The third-order valence-electron chi connectivity index (χ3n) is 4.62. The summed E-state index contributed by atoms with van der Waals surface area (Å²) < 4.78 is 34.9. The number of sulfone groups is 1. The minimum atomic E-state index is -2.97. The first-order valence-corrected chi connectivity index (χ1v) is 11.0. The Morgan fingerprint density at radius 2 is 1.72 bits per heavy atom. The summed E-state index contributed by atoms with van der Waals surface area (Å²) in [4.78, 5) is 0. The van der Waals surface area contributed by atoms with Crippen LogP contribution in [-0.4, -0.2) is 31.6 Å². The van der Waals surface area contributed by atoms with E-state index < -0.39 is 14.6 Å². The third kappa shape index (κ3) is 5.91. The Balaban J connectivity index is 1.65. The van der Waals surface area contributed by atoms with Gasteiger partial charge in [0, 0.05) is 0 Å². The summed E-state index contributed by atoms with van der Waals surface area (Å²) in [5, 5.41) is 0. The maximum absolute atomic E-state index is 12.0. The molecule has 1 atom stereocenters. The van der Waals surface area contributed by atoms with Gasteiger partial charge in [-0.15, -0.1) is 0 Å². The van der Waals surface area contributed by atoms with Gasteiger partial charge in [0.25, 0.3) is 0 Å². The van der Waals surface area contributed by atoms with Crippen LogP contribution in [0.2, 0.25) is 0 Å². The van der Waals surface area contributed by atoms with Crippen molar-refractivity contribution in [1.29, 1.82) is 0 Å². The Morgan fingerprint density at radius 3 is 2.44 bits per heavy atom. The molecule has 0 aromatic heterocycles. The number of rotatable bonds is 8. The lowest BCUT2D eigenvalue weighted by atomic mass is 10.0. The number of ether oxygens (including phenoxy) is 2. The lowest BCUT2D eigenvalue weighted by Gasteiger charge is -2.24. The van der Waals surface area contributed by atoms with Crippen molar-refractivity contribution >= 4 is 9.84 Å². The molecule has 0 fully saturated rings. The first-order valence-electron chi connectivity index (χ1n) is 9.34. The lowest BCUT2D eigenvalue weighted by molar-refractivity contribution is 0.104. The fourth-order valence-corrected chi connectivity index (χ4v) is 4.03. The van der Waals surface area contributed by atoms with Crippen LogP contribution in [0.4, 0.5) is 0 Å². The molecule has 4 nitrogen and oxygen atoms in total. The first-order chi connectivity index (χ1) is 11.7. The SMILES string of the molecule is CC1COc2ccc(CCCCCCCS(=O)(=O)C(C)(C)C)cc2O1. The number of benzene rings is 1. The zero-order chi connectivity index (χ0) is 18.5. The van der Waals surface area contributed by atoms with Crippen LogP contribution in [0.3, 0.4) is 0 Å². The number of fused-ring (bicyclic) bond motifs is 1. The second-order valence-corrected chi connectivity index (χ2v) is 10.8. The number of aryl methyl sites for hydroxylation is 1. The molecule has 5 heteroatoms. The molecule has 0 bridgehead atoms. The van der Waals surface area contributed by atoms with Gasteiger partial charge in [0.05, 0.1) is 10.5 Å². The minimum absolute atomic E-state index is 0.104. The van der Waals surface area contributed by atoms with Gasteiger partial charge in [0.15, 0.2) is 21.3 Å². The van der Waals surface area contributed by atoms with Gasteiger partial charge in [-0.05, 0) is 64.7 Å². The predicted molar refractivity (Wildman–Crippen MR) is 102 cm³/mol. The van der Waals surface area contributed by atoms with Crippen LogP contribution in [0.5, 0.6) is 11.5 Å². The molecule has 142 valence electrons. The Hall–Kier alpha value is -1.23. The van der Waals surface area contributed by atoms with E-state index >= 15 is 0 Å².